The lowest BCUT2D eigenvalue weighted by molar-refractivity contribution is -0.137. The molecule has 0 atom stereocenters. The van der Waals surface area contributed by atoms with Gasteiger partial charge in [-0.25, -0.2) is 9.31 Å². The Kier molecular flexibility index (Phi) is 6.80. The molecule has 1 aliphatic heterocycles. The summed E-state index contributed by atoms with van der Waals surface area (Å²) in [5, 5.41) is 7.79. The molecule has 4 aromatic rings. The van der Waals surface area contributed by atoms with Gasteiger partial charge >= 0.3 is 12.3 Å². The molecule has 210 valence electrons. The number of piperidine rings is 1. The summed E-state index contributed by atoms with van der Waals surface area (Å²) in [7, 11) is 0. The summed E-state index contributed by atoms with van der Waals surface area (Å²) >= 11 is 0. The average Bonchev–Trinajstić information content (AvgIpc) is 3.26. The van der Waals surface area contributed by atoms with E-state index in [1.54, 1.807) is 27.6 Å². The number of carbonyl (C=O) groups excluding carboxylic acids is 2. The lowest BCUT2D eigenvalue weighted by Crippen LogP contribution is -2.41. The van der Waals surface area contributed by atoms with Crippen molar-refractivity contribution in [2.75, 3.05) is 18.4 Å². The molecule has 1 fully saturated rings. The Morgan fingerprint density at radius 3 is 2.42 bits per heavy atom. The van der Waals surface area contributed by atoms with Gasteiger partial charge in [-0.05, 0) is 63.9 Å². The number of likely N-dealkylation sites (tertiary alicyclic amines) is 1. The van der Waals surface area contributed by atoms with Crippen molar-refractivity contribution in [1.82, 2.24) is 19.5 Å². The third-order valence-electron chi connectivity index (χ3n) is 6.73. The number of benzene rings is 2. The van der Waals surface area contributed by atoms with E-state index in [-0.39, 0.29) is 23.1 Å². The topological polar surface area (TPSA) is 109 Å². The zero-order valence-corrected chi connectivity index (χ0v) is 22.1. The summed E-state index contributed by atoms with van der Waals surface area (Å²) in [6.45, 7) is 6.33. The number of carbonyl (C=O) groups is 2. The van der Waals surface area contributed by atoms with Crippen LogP contribution in [0.5, 0.6) is 0 Å². The van der Waals surface area contributed by atoms with Crippen molar-refractivity contribution in [3.05, 3.63) is 75.7 Å². The second-order valence-corrected chi connectivity index (χ2v) is 10.8. The van der Waals surface area contributed by atoms with Crippen LogP contribution in [0.2, 0.25) is 0 Å². The van der Waals surface area contributed by atoms with Gasteiger partial charge in [0.25, 0.3) is 11.5 Å². The Bertz CT molecular complexity index is 1660. The Hall–Kier alpha value is -4.35. The van der Waals surface area contributed by atoms with E-state index < -0.39 is 23.2 Å². The molecule has 2 amide bonds. The first kappa shape index (κ1) is 27.2. The number of fused-ring (bicyclic) bond motifs is 3. The first-order chi connectivity index (χ1) is 18.8. The number of ether oxygens (including phenoxy) is 1. The standard InChI is InChI=1S/C28H28F3N5O4/c1-27(2,3)40-26(39)35-12-10-16(11-13-35)21-15-22(37)33-24-23-19(8-5-9-20(23)34-36(21)24)32-25(38)17-6-4-7-18(14-17)28(29,30)31/h4-9,14-16H,10-13H2,1-3H3,(H,32,38)(H,33,37). The molecule has 0 spiro atoms. The van der Waals surface area contributed by atoms with Crippen LogP contribution in [0.1, 0.15) is 61.1 Å². The number of nitrogens with zero attached hydrogens (tertiary/aromatic N) is 3. The fourth-order valence-electron chi connectivity index (χ4n) is 4.90. The first-order valence-electron chi connectivity index (χ1n) is 12.8. The highest BCUT2D eigenvalue weighted by Crippen LogP contribution is 2.33. The Balaban J connectivity index is 1.45. The molecule has 2 aromatic carbocycles. The number of aromatic nitrogens is 3. The summed E-state index contributed by atoms with van der Waals surface area (Å²) in [5.74, 6) is -0.799. The number of aromatic amines is 1. The summed E-state index contributed by atoms with van der Waals surface area (Å²) < 4.78 is 46.6. The summed E-state index contributed by atoms with van der Waals surface area (Å²) in [6.07, 6.45) is -3.79. The quantitative estimate of drug-likeness (QED) is 0.344. The molecular weight excluding hydrogens is 527 g/mol. The van der Waals surface area contributed by atoms with Crippen molar-refractivity contribution < 1.29 is 27.5 Å². The van der Waals surface area contributed by atoms with Gasteiger partial charge in [-0.1, -0.05) is 12.1 Å². The van der Waals surface area contributed by atoms with Gasteiger partial charge in [-0.15, -0.1) is 0 Å². The number of alkyl halides is 3. The maximum absolute atomic E-state index is 13.2. The van der Waals surface area contributed by atoms with Gasteiger partial charge < -0.3 is 19.9 Å². The van der Waals surface area contributed by atoms with Crippen LogP contribution >= 0.6 is 0 Å². The van der Waals surface area contributed by atoms with Crippen LogP contribution < -0.4 is 10.9 Å². The second-order valence-electron chi connectivity index (χ2n) is 10.8. The largest absolute Gasteiger partial charge is 0.444 e. The molecule has 5 rings (SSSR count). The molecule has 0 saturated carbocycles. The second kappa shape index (κ2) is 10.00. The van der Waals surface area contributed by atoms with Crippen molar-refractivity contribution in [3.8, 4) is 0 Å². The SMILES string of the molecule is CC(C)(C)OC(=O)N1CCC(c2cc(=O)[nH]c3c4c(NC(=O)c5cccc(C(F)(F)F)c5)cccc4nn23)CC1. The van der Waals surface area contributed by atoms with E-state index in [0.29, 0.717) is 53.9 Å². The van der Waals surface area contributed by atoms with E-state index in [9.17, 15) is 27.6 Å². The van der Waals surface area contributed by atoms with Crippen LogP contribution in [-0.4, -0.2) is 50.2 Å². The Morgan fingerprint density at radius 2 is 1.75 bits per heavy atom. The minimum atomic E-state index is -4.59. The minimum Gasteiger partial charge on any atom is -0.444 e. The van der Waals surface area contributed by atoms with Gasteiger partial charge in [0.05, 0.1) is 27.8 Å². The van der Waals surface area contributed by atoms with Gasteiger partial charge in [-0.3, -0.25) is 9.59 Å². The van der Waals surface area contributed by atoms with E-state index in [0.717, 1.165) is 12.1 Å². The highest BCUT2D eigenvalue weighted by atomic mass is 19.4. The van der Waals surface area contributed by atoms with Gasteiger partial charge in [-0.2, -0.15) is 18.3 Å². The number of amides is 2. The molecule has 0 bridgehead atoms. The van der Waals surface area contributed by atoms with Crippen molar-refractivity contribution >= 4 is 34.2 Å². The molecule has 0 unspecified atom stereocenters. The van der Waals surface area contributed by atoms with E-state index in [1.165, 1.54) is 18.2 Å². The van der Waals surface area contributed by atoms with Crippen LogP contribution in [-0.2, 0) is 10.9 Å². The molecular formula is C28H28F3N5O4. The summed E-state index contributed by atoms with van der Waals surface area (Å²) in [5.41, 5.74) is -0.260. The van der Waals surface area contributed by atoms with E-state index in [1.807, 2.05) is 20.8 Å². The Morgan fingerprint density at radius 1 is 1.05 bits per heavy atom. The van der Waals surface area contributed by atoms with E-state index in [2.05, 4.69) is 15.4 Å². The molecule has 9 nitrogen and oxygen atoms in total. The molecule has 2 aromatic heterocycles. The number of rotatable bonds is 3. The molecule has 1 aliphatic rings. The fraction of sp³-hybridized carbons (Fsp3) is 0.357. The zero-order chi connectivity index (χ0) is 28.8. The summed E-state index contributed by atoms with van der Waals surface area (Å²) in [4.78, 5) is 42.6. The maximum Gasteiger partial charge on any atom is 0.416 e. The highest BCUT2D eigenvalue weighted by molar-refractivity contribution is 6.12. The number of H-pyrrole nitrogens is 1. The zero-order valence-electron chi connectivity index (χ0n) is 22.1. The van der Waals surface area contributed by atoms with Gasteiger partial charge in [0.2, 0.25) is 0 Å². The predicted molar refractivity (Wildman–Crippen MR) is 142 cm³/mol. The van der Waals surface area contributed by atoms with Crippen LogP contribution in [0.4, 0.5) is 23.7 Å². The molecule has 40 heavy (non-hydrogen) atoms. The third-order valence-corrected chi connectivity index (χ3v) is 6.73. The highest BCUT2D eigenvalue weighted by Gasteiger charge is 2.31. The van der Waals surface area contributed by atoms with E-state index in [4.69, 9.17) is 4.74 Å². The van der Waals surface area contributed by atoms with Crippen LogP contribution in [0.3, 0.4) is 0 Å². The third kappa shape index (κ3) is 5.51. The Labute approximate surface area is 226 Å². The molecule has 0 radical (unpaired) electrons. The predicted octanol–water partition coefficient (Wildman–Crippen LogP) is 5.56. The summed E-state index contributed by atoms with van der Waals surface area (Å²) in [6, 6.07) is 10.6. The average molecular weight is 556 g/mol. The number of nitrogens with one attached hydrogen (secondary N) is 2. The molecule has 1 saturated heterocycles. The lowest BCUT2D eigenvalue weighted by Gasteiger charge is -2.33. The first-order valence-corrected chi connectivity index (χ1v) is 12.8. The molecule has 3 heterocycles. The molecule has 0 aliphatic carbocycles. The normalized spacial score (nSPS) is 15.0. The van der Waals surface area contributed by atoms with Crippen LogP contribution in [0.25, 0.3) is 16.6 Å². The number of hydrogen-bond acceptors (Lipinski definition) is 5. The van der Waals surface area contributed by atoms with E-state index >= 15 is 0 Å². The van der Waals surface area contributed by atoms with Gasteiger partial charge in [0.1, 0.15) is 11.2 Å². The molecule has 12 heteroatoms. The number of halogens is 3. The molecule has 2 N–H and O–H groups in total. The van der Waals surface area contributed by atoms with Crippen LogP contribution in [0, 0.1) is 0 Å². The van der Waals surface area contributed by atoms with Gasteiger partial charge in [0, 0.05) is 30.6 Å². The minimum absolute atomic E-state index is 0.0686. The number of hydrogen-bond donors (Lipinski definition) is 2. The maximum atomic E-state index is 13.2. The monoisotopic (exact) mass is 555 g/mol. The number of anilines is 1. The van der Waals surface area contributed by atoms with Crippen molar-refractivity contribution in [1.29, 1.82) is 0 Å². The van der Waals surface area contributed by atoms with Gasteiger partial charge in [0.15, 0.2) is 0 Å². The van der Waals surface area contributed by atoms with Crippen LogP contribution in [0.15, 0.2) is 53.3 Å². The smallest absolute Gasteiger partial charge is 0.416 e. The van der Waals surface area contributed by atoms with Crippen molar-refractivity contribution in [2.45, 2.75) is 51.3 Å². The lowest BCUT2D eigenvalue weighted by atomic mass is 9.93. The van der Waals surface area contributed by atoms with Crippen molar-refractivity contribution in [3.63, 3.8) is 0 Å². The van der Waals surface area contributed by atoms with Crippen molar-refractivity contribution in [2.24, 2.45) is 0 Å². The fourth-order valence-corrected chi connectivity index (χ4v) is 4.90.